The van der Waals surface area contributed by atoms with Crippen molar-refractivity contribution in [3.63, 3.8) is 0 Å². The first-order valence-electron chi connectivity index (χ1n) is 5.26. The molecule has 0 saturated carbocycles. The lowest BCUT2D eigenvalue weighted by molar-refractivity contribution is 0.125. The zero-order chi connectivity index (χ0) is 8.93. The Hall–Kier alpha value is 0.270. The van der Waals surface area contributed by atoms with Crippen LogP contribution in [0.3, 0.4) is 0 Å². The highest BCUT2D eigenvalue weighted by Gasteiger charge is 2.18. The highest BCUT2D eigenvalue weighted by atomic mass is 32.2. The lowest BCUT2D eigenvalue weighted by atomic mass is 10.3. The quantitative estimate of drug-likeness (QED) is 0.695. The van der Waals surface area contributed by atoms with Gasteiger partial charge in [-0.1, -0.05) is 0 Å². The molecule has 2 heterocycles. The third-order valence-corrected chi connectivity index (χ3v) is 3.87. The summed E-state index contributed by atoms with van der Waals surface area (Å²) in [5.41, 5.74) is 0. The van der Waals surface area contributed by atoms with Gasteiger partial charge in [-0.15, -0.1) is 0 Å². The van der Waals surface area contributed by atoms with Crippen LogP contribution in [-0.4, -0.2) is 36.9 Å². The Morgan fingerprint density at radius 3 is 1.85 bits per heavy atom. The van der Waals surface area contributed by atoms with Gasteiger partial charge in [0.15, 0.2) is 0 Å². The molecule has 0 N–H and O–H groups in total. The lowest BCUT2D eigenvalue weighted by Crippen LogP contribution is -2.13. The molecule has 2 saturated heterocycles. The zero-order valence-electron chi connectivity index (χ0n) is 8.04. The van der Waals surface area contributed by atoms with E-state index in [9.17, 15) is 0 Å². The Balaban J connectivity index is 1.52. The molecular formula is C10H18O2S. The molecule has 2 aliphatic rings. The average Bonchev–Trinajstić information content (AvgIpc) is 2.75. The van der Waals surface area contributed by atoms with E-state index in [1.54, 1.807) is 0 Å². The minimum atomic E-state index is 0.534. The van der Waals surface area contributed by atoms with Gasteiger partial charge in [0.1, 0.15) is 0 Å². The van der Waals surface area contributed by atoms with E-state index >= 15 is 0 Å². The molecule has 0 aromatic carbocycles. The minimum absolute atomic E-state index is 0.534. The zero-order valence-corrected chi connectivity index (χ0v) is 8.85. The van der Waals surface area contributed by atoms with Gasteiger partial charge >= 0.3 is 0 Å². The average molecular weight is 202 g/mol. The van der Waals surface area contributed by atoms with Crippen molar-refractivity contribution in [3.05, 3.63) is 0 Å². The Labute approximate surface area is 84.4 Å². The van der Waals surface area contributed by atoms with E-state index in [1.165, 1.54) is 37.2 Å². The third-order valence-electron chi connectivity index (χ3n) is 2.66. The summed E-state index contributed by atoms with van der Waals surface area (Å²) in [6, 6.07) is 0. The van der Waals surface area contributed by atoms with Crippen molar-refractivity contribution in [1.82, 2.24) is 0 Å². The van der Waals surface area contributed by atoms with Gasteiger partial charge < -0.3 is 9.47 Å². The van der Waals surface area contributed by atoms with E-state index in [4.69, 9.17) is 9.47 Å². The number of rotatable bonds is 4. The molecule has 0 amide bonds. The van der Waals surface area contributed by atoms with Crippen LogP contribution in [0.25, 0.3) is 0 Å². The molecule has 2 rings (SSSR count). The van der Waals surface area contributed by atoms with E-state index in [2.05, 4.69) is 0 Å². The minimum Gasteiger partial charge on any atom is -0.377 e. The Morgan fingerprint density at radius 2 is 1.46 bits per heavy atom. The smallest absolute Gasteiger partial charge is 0.0666 e. The van der Waals surface area contributed by atoms with Crippen molar-refractivity contribution >= 4 is 11.8 Å². The molecule has 0 aliphatic carbocycles. The first-order chi connectivity index (χ1) is 6.45. The molecule has 3 heteroatoms. The molecule has 2 nitrogen and oxygen atoms in total. The van der Waals surface area contributed by atoms with Crippen molar-refractivity contribution in [1.29, 1.82) is 0 Å². The summed E-state index contributed by atoms with van der Waals surface area (Å²) >= 11 is 2.00. The highest BCUT2D eigenvalue weighted by Crippen LogP contribution is 2.21. The van der Waals surface area contributed by atoms with Crippen LogP contribution in [0.1, 0.15) is 25.7 Å². The maximum atomic E-state index is 5.56. The van der Waals surface area contributed by atoms with Gasteiger partial charge in [0.2, 0.25) is 0 Å². The topological polar surface area (TPSA) is 18.5 Å². The van der Waals surface area contributed by atoms with Crippen molar-refractivity contribution < 1.29 is 9.47 Å². The molecule has 0 spiro atoms. The number of hydrogen-bond acceptors (Lipinski definition) is 3. The van der Waals surface area contributed by atoms with Crippen molar-refractivity contribution in [3.8, 4) is 0 Å². The molecular weight excluding hydrogens is 184 g/mol. The fourth-order valence-electron chi connectivity index (χ4n) is 1.88. The first-order valence-corrected chi connectivity index (χ1v) is 6.41. The monoisotopic (exact) mass is 202 g/mol. The summed E-state index contributed by atoms with van der Waals surface area (Å²) in [7, 11) is 0. The Kier molecular flexibility index (Phi) is 3.94. The molecule has 0 radical (unpaired) electrons. The van der Waals surface area contributed by atoms with Crippen LogP contribution in [0.4, 0.5) is 0 Å². The fourth-order valence-corrected chi connectivity index (χ4v) is 3.07. The van der Waals surface area contributed by atoms with Gasteiger partial charge in [0.05, 0.1) is 12.2 Å². The van der Waals surface area contributed by atoms with Gasteiger partial charge in [-0.3, -0.25) is 0 Å². The van der Waals surface area contributed by atoms with Gasteiger partial charge in [-0.2, -0.15) is 11.8 Å². The van der Waals surface area contributed by atoms with Gasteiger partial charge in [0.25, 0.3) is 0 Å². The molecule has 13 heavy (non-hydrogen) atoms. The molecule has 0 aromatic heterocycles. The van der Waals surface area contributed by atoms with Crippen LogP contribution in [-0.2, 0) is 9.47 Å². The summed E-state index contributed by atoms with van der Waals surface area (Å²) in [6.07, 6.45) is 6.10. The number of thioether (sulfide) groups is 1. The van der Waals surface area contributed by atoms with E-state index in [0.717, 1.165) is 13.2 Å². The van der Waals surface area contributed by atoms with Crippen molar-refractivity contribution in [2.75, 3.05) is 24.7 Å². The summed E-state index contributed by atoms with van der Waals surface area (Å²) < 4.78 is 11.1. The van der Waals surface area contributed by atoms with Crippen molar-refractivity contribution in [2.24, 2.45) is 0 Å². The SMILES string of the molecule is C1COC(CSCC2CCCO2)C1. The summed E-state index contributed by atoms with van der Waals surface area (Å²) in [6.45, 7) is 1.95. The normalized spacial score (nSPS) is 34.2. The summed E-state index contributed by atoms with van der Waals surface area (Å²) in [5, 5.41) is 0. The fraction of sp³-hybridized carbons (Fsp3) is 1.00. The molecule has 2 atom stereocenters. The lowest BCUT2D eigenvalue weighted by Gasteiger charge is -2.11. The van der Waals surface area contributed by atoms with Gasteiger partial charge in [0, 0.05) is 24.7 Å². The van der Waals surface area contributed by atoms with Crippen LogP contribution in [0.2, 0.25) is 0 Å². The largest absolute Gasteiger partial charge is 0.377 e. The van der Waals surface area contributed by atoms with Crippen molar-refractivity contribution in [2.45, 2.75) is 37.9 Å². The second kappa shape index (κ2) is 5.23. The molecule has 0 aromatic rings. The summed E-state index contributed by atoms with van der Waals surface area (Å²) in [5.74, 6) is 2.33. The van der Waals surface area contributed by atoms with E-state index in [-0.39, 0.29) is 0 Å². The maximum Gasteiger partial charge on any atom is 0.0666 e. The Morgan fingerprint density at radius 1 is 0.923 bits per heavy atom. The van der Waals surface area contributed by atoms with Crippen LogP contribution >= 0.6 is 11.8 Å². The van der Waals surface area contributed by atoms with Gasteiger partial charge in [-0.25, -0.2) is 0 Å². The predicted octanol–water partition coefficient (Wildman–Crippen LogP) is 2.08. The standard InChI is InChI=1S/C10H18O2S/c1-3-9(11-5-1)7-13-8-10-4-2-6-12-10/h9-10H,1-8H2. The van der Waals surface area contributed by atoms with Gasteiger partial charge in [-0.05, 0) is 25.7 Å². The van der Waals surface area contributed by atoms with Crippen LogP contribution < -0.4 is 0 Å². The Bertz CT molecular complexity index is 124. The van der Waals surface area contributed by atoms with E-state index in [1.807, 2.05) is 11.8 Å². The van der Waals surface area contributed by atoms with E-state index < -0.39 is 0 Å². The van der Waals surface area contributed by atoms with Crippen LogP contribution in [0.15, 0.2) is 0 Å². The molecule has 2 fully saturated rings. The van der Waals surface area contributed by atoms with Crippen LogP contribution in [0.5, 0.6) is 0 Å². The molecule has 76 valence electrons. The molecule has 0 bridgehead atoms. The van der Waals surface area contributed by atoms with E-state index in [0.29, 0.717) is 12.2 Å². The summed E-state index contributed by atoms with van der Waals surface area (Å²) in [4.78, 5) is 0. The second-order valence-corrected chi connectivity index (χ2v) is 4.88. The first kappa shape index (κ1) is 9.81. The number of hydrogen-bond donors (Lipinski definition) is 0. The third kappa shape index (κ3) is 3.15. The highest BCUT2D eigenvalue weighted by molar-refractivity contribution is 7.99. The maximum absolute atomic E-state index is 5.56. The molecule has 2 unspecified atom stereocenters. The predicted molar refractivity (Wildman–Crippen MR) is 55.3 cm³/mol. The second-order valence-electron chi connectivity index (χ2n) is 3.81. The molecule has 2 aliphatic heterocycles. The number of ether oxygens (including phenoxy) is 2. The van der Waals surface area contributed by atoms with Crippen LogP contribution in [0, 0.1) is 0 Å².